The fourth-order valence-corrected chi connectivity index (χ4v) is 1.42. The number of esters is 1. The number of anilines is 2. The minimum Gasteiger partial charge on any atom is -0.467 e. The molecule has 0 radical (unpaired) electrons. The second kappa shape index (κ2) is 8.93. The van der Waals surface area contributed by atoms with Gasteiger partial charge in [-0.25, -0.2) is 4.79 Å². The van der Waals surface area contributed by atoms with Crippen LogP contribution in [0.4, 0.5) is 11.9 Å². The molecule has 8 nitrogen and oxygen atoms in total. The molecule has 0 aromatic carbocycles. The van der Waals surface area contributed by atoms with Gasteiger partial charge in [-0.05, 0) is 19.8 Å². The number of rotatable bonds is 9. The van der Waals surface area contributed by atoms with Gasteiger partial charge in [-0.1, -0.05) is 13.8 Å². The molecule has 2 N–H and O–H groups in total. The molecule has 1 aromatic heterocycles. The molecule has 8 heteroatoms. The van der Waals surface area contributed by atoms with Crippen LogP contribution in [0.15, 0.2) is 0 Å². The van der Waals surface area contributed by atoms with Crippen LogP contribution < -0.4 is 15.4 Å². The third-order valence-corrected chi connectivity index (χ3v) is 2.48. The normalized spacial score (nSPS) is 11.6. The number of aromatic nitrogens is 3. The van der Waals surface area contributed by atoms with Crippen molar-refractivity contribution in [2.45, 2.75) is 39.7 Å². The lowest BCUT2D eigenvalue weighted by atomic mass is 10.3. The highest BCUT2D eigenvalue weighted by Crippen LogP contribution is 2.12. The van der Waals surface area contributed by atoms with Gasteiger partial charge in [0.25, 0.3) is 0 Å². The van der Waals surface area contributed by atoms with Gasteiger partial charge in [0, 0.05) is 6.54 Å². The van der Waals surface area contributed by atoms with Crippen molar-refractivity contribution in [2.24, 2.45) is 0 Å². The summed E-state index contributed by atoms with van der Waals surface area (Å²) in [7, 11) is 1.33. The number of methoxy groups -OCH3 is 1. The first-order chi connectivity index (χ1) is 10.1. The Labute approximate surface area is 124 Å². The van der Waals surface area contributed by atoms with Crippen LogP contribution in [0.5, 0.6) is 6.01 Å². The van der Waals surface area contributed by atoms with Crippen LogP contribution in [-0.4, -0.2) is 47.2 Å². The molecule has 1 heterocycles. The van der Waals surface area contributed by atoms with E-state index in [1.54, 1.807) is 6.92 Å². The van der Waals surface area contributed by atoms with E-state index in [9.17, 15) is 4.79 Å². The van der Waals surface area contributed by atoms with Crippen LogP contribution in [0.3, 0.4) is 0 Å². The van der Waals surface area contributed by atoms with Gasteiger partial charge in [-0.3, -0.25) is 0 Å². The molecule has 0 fully saturated rings. The number of carbonyl (C=O) groups excluding carboxylic acids is 1. The first-order valence-electron chi connectivity index (χ1n) is 7.07. The van der Waals surface area contributed by atoms with Gasteiger partial charge >= 0.3 is 12.0 Å². The molecule has 1 atom stereocenters. The third-order valence-electron chi connectivity index (χ3n) is 2.48. The van der Waals surface area contributed by atoms with Crippen molar-refractivity contribution in [2.75, 3.05) is 30.9 Å². The van der Waals surface area contributed by atoms with E-state index >= 15 is 0 Å². The third kappa shape index (κ3) is 5.80. The molecule has 0 saturated heterocycles. The molecule has 0 aliphatic rings. The van der Waals surface area contributed by atoms with E-state index in [1.807, 2.05) is 13.8 Å². The van der Waals surface area contributed by atoms with Crippen LogP contribution in [0.2, 0.25) is 0 Å². The van der Waals surface area contributed by atoms with Gasteiger partial charge in [0.2, 0.25) is 11.9 Å². The largest absolute Gasteiger partial charge is 0.467 e. The molecule has 0 aliphatic heterocycles. The Hall–Kier alpha value is -2.12. The smallest absolute Gasteiger partial charge is 0.328 e. The van der Waals surface area contributed by atoms with E-state index in [2.05, 4.69) is 30.3 Å². The van der Waals surface area contributed by atoms with Crippen molar-refractivity contribution in [3.8, 4) is 6.01 Å². The highest BCUT2D eigenvalue weighted by atomic mass is 16.5. The Morgan fingerprint density at radius 3 is 2.52 bits per heavy atom. The summed E-state index contributed by atoms with van der Waals surface area (Å²) < 4.78 is 10.1. The van der Waals surface area contributed by atoms with E-state index in [0.717, 1.165) is 19.4 Å². The zero-order valence-corrected chi connectivity index (χ0v) is 13.0. The minimum absolute atomic E-state index is 0.227. The molecule has 118 valence electrons. The van der Waals surface area contributed by atoms with E-state index in [-0.39, 0.29) is 12.0 Å². The summed E-state index contributed by atoms with van der Waals surface area (Å²) in [6.45, 7) is 6.96. The maximum absolute atomic E-state index is 11.4. The number of carbonyl (C=O) groups is 1. The standard InChI is InChI=1S/C13H23N5O3/c1-5-7-14-11-16-12(15-9(3)10(19)20-4)18-13(17-11)21-8-6-2/h9H,5-8H2,1-4H3,(H2,14,15,16,17,18). The topological polar surface area (TPSA) is 98.3 Å². The molecular weight excluding hydrogens is 274 g/mol. The molecule has 0 aliphatic carbocycles. The Morgan fingerprint density at radius 1 is 1.19 bits per heavy atom. The van der Waals surface area contributed by atoms with Crippen molar-refractivity contribution >= 4 is 17.9 Å². The SMILES string of the molecule is CCCNc1nc(NC(C)C(=O)OC)nc(OCCC)n1. The molecular formula is C13H23N5O3. The number of hydrogen-bond donors (Lipinski definition) is 2. The Morgan fingerprint density at radius 2 is 1.90 bits per heavy atom. The quantitative estimate of drug-likeness (QED) is 0.661. The van der Waals surface area contributed by atoms with E-state index < -0.39 is 12.0 Å². The van der Waals surface area contributed by atoms with Gasteiger partial charge in [-0.2, -0.15) is 15.0 Å². The van der Waals surface area contributed by atoms with Crippen LogP contribution in [0, 0.1) is 0 Å². The van der Waals surface area contributed by atoms with Crippen LogP contribution in [0.25, 0.3) is 0 Å². The van der Waals surface area contributed by atoms with Gasteiger partial charge in [0.05, 0.1) is 13.7 Å². The summed E-state index contributed by atoms with van der Waals surface area (Å²) in [5.74, 6) is 0.291. The lowest BCUT2D eigenvalue weighted by Crippen LogP contribution is -2.28. The van der Waals surface area contributed by atoms with Gasteiger partial charge in [0.1, 0.15) is 6.04 Å². The van der Waals surface area contributed by atoms with Crippen molar-refractivity contribution in [3.63, 3.8) is 0 Å². The highest BCUT2D eigenvalue weighted by molar-refractivity contribution is 5.77. The first-order valence-corrected chi connectivity index (χ1v) is 7.07. The fourth-order valence-electron chi connectivity index (χ4n) is 1.42. The number of nitrogens with zero attached hydrogens (tertiary/aromatic N) is 3. The van der Waals surface area contributed by atoms with Crippen molar-refractivity contribution in [1.82, 2.24) is 15.0 Å². The second-order valence-corrected chi connectivity index (χ2v) is 4.43. The molecule has 0 amide bonds. The summed E-state index contributed by atoms with van der Waals surface area (Å²) in [5, 5.41) is 5.94. The summed E-state index contributed by atoms with van der Waals surface area (Å²) >= 11 is 0. The molecule has 1 unspecified atom stereocenters. The van der Waals surface area contributed by atoms with Gasteiger partial charge in [0.15, 0.2) is 0 Å². The maximum atomic E-state index is 11.4. The first kappa shape index (κ1) is 16.9. The minimum atomic E-state index is -0.560. The van der Waals surface area contributed by atoms with Crippen LogP contribution in [0.1, 0.15) is 33.6 Å². The van der Waals surface area contributed by atoms with Crippen molar-refractivity contribution in [1.29, 1.82) is 0 Å². The van der Waals surface area contributed by atoms with Gasteiger partial charge in [-0.15, -0.1) is 0 Å². The predicted molar refractivity (Wildman–Crippen MR) is 79.5 cm³/mol. The summed E-state index contributed by atoms with van der Waals surface area (Å²) in [4.78, 5) is 23.9. The van der Waals surface area contributed by atoms with E-state index in [1.165, 1.54) is 7.11 Å². The van der Waals surface area contributed by atoms with Crippen molar-refractivity contribution < 1.29 is 14.3 Å². The molecule has 0 saturated carbocycles. The van der Waals surface area contributed by atoms with Crippen molar-refractivity contribution in [3.05, 3.63) is 0 Å². The summed E-state index contributed by atoms with van der Waals surface area (Å²) in [6, 6.07) is -0.333. The Bertz CT molecular complexity index is 429. The number of hydrogen-bond acceptors (Lipinski definition) is 8. The Balaban J connectivity index is 2.86. The zero-order chi connectivity index (χ0) is 15.7. The predicted octanol–water partition coefficient (Wildman–Crippen LogP) is 1.46. The molecule has 21 heavy (non-hydrogen) atoms. The second-order valence-electron chi connectivity index (χ2n) is 4.43. The molecule has 1 rings (SSSR count). The Kier molecular flexibility index (Phi) is 7.20. The maximum Gasteiger partial charge on any atom is 0.328 e. The summed E-state index contributed by atoms with van der Waals surface area (Å²) in [6.07, 6.45) is 1.79. The molecule has 0 bridgehead atoms. The van der Waals surface area contributed by atoms with E-state index in [0.29, 0.717) is 12.6 Å². The lowest BCUT2D eigenvalue weighted by Gasteiger charge is -2.13. The van der Waals surface area contributed by atoms with Gasteiger partial charge < -0.3 is 20.1 Å². The molecule has 0 spiro atoms. The average molecular weight is 297 g/mol. The zero-order valence-electron chi connectivity index (χ0n) is 13.0. The fraction of sp³-hybridized carbons (Fsp3) is 0.692. The van der Waals surface area contributed by atoms with Crippen LogP contribution in [-0.2, 0) is 9.53 Å². The lowest BCUT2D eigenvalue weighted by molar-refractivity contribution is -0.141. The molecule has 1 aromatic rings. The highest BCUT2D eigenvalue weighted by Gasteiger charge is 2.15. The number of ether oxygens (including phenoxy) is 2. The van der Waals surface area contributed by atoms with Crippen LogP contribution >= 0.6 is 0 Å². The monoisotopic (exact) mass is 297 g/mol. The van der Waals surface area contributed by atoms with E-state index in [4.69, 9.17) is 4.74 Å². The summed E-state index contributed by atoms with van der Waals surface area (Å²) in [5.41, 5.74) is 0. The number of nitrogens with one attached hydrogen (secondary N) is 2. The average Bonchev–Trinajstić information content (AvgIpc) is 2.49.